The van der Waals surface area contributed by atoms with Gasteiger partial charge in [0.05, 0.1) is 26.0 Å². The first-order chi connectivity index (χ1) is 16.0. The minimum atomic E-state index is -0.296. The lowest BCUT2D eigenvalue weighted by molar-refractivity contribution is -0.127. The second-order valence-electron chi connectivity index (χ2n) is 8.14. The number of aliphatic hydroxyl groups excluding tert-OH is 1. The first kappa shape index (κ1) is 22.7. The Bertz CT molecular complexity index is 1190. The smallest absolute Gasteiger partial charge is 0.295 e. The number of benzene rings is 1. The van der Waals surface area contributed by atoms with Gasteiger partial charge in [0.2, 0.25) is 5.91 Å². The Morgan fingerprint density at radius 1 is 1.09 bits per heavy atom. The molecule has 174 valence electrons. The number of aliphatic hydroxyl groups is 1. The largest absolute Gasteiger partial charge is 0.497 e. The quantitative estimate of drug-likeness (QED) is 0.530. The monoisotopic (exact) mass is 451 g/mol. The maximum absolute atomic E-state index is 13.2. The van der Waals surface area contributed by atoms with Gasteiger partial charge in [-0.15, -0.1) is 0 Å². The van der Waals surface area contributed by atoms with Crippen LogP contribution in [0.15, 0.2) is 41.2 Å². The third-order valence-corrected chi connectivity index (χ3v) is 5.94. The van der Waals surface area contributed by atoms with Crippen molar-refractivity contribution in [2.24, 2.45) is 0 Å². The summed E-state index contributed by atoms with van der Waals surface area (Å²) in [7, 11) is 3.44. The van der Waals surface area contributed by atoms with Crippen LogP contribution in [0.2, 0.25) is 0 Å². The number of hydrogen-bond acceptors (Lipinski definition) is 7. The fourth-order valence-electron chi connectivity index (χ4n) is 4.13. The SMILES string of the molecule is COc1ccc(-c2ccc3nc(N(C)CCCN4CCCC4=O)c(=O)n(CCO)c3n2)cc1. The Labute approximate surface area is 192 Å². The van der Waals surface area contributed by atoms with E-state index < -0.39 is 0 Å². The van der Waals surface area contributed by atoms with Gasteiger partial charge in [-0.25, -0.2) is 9.97 Å². The first-order valence-electron chi connectivity index (χ1n) is 11.2. The summed E-state index contributed by atoms with van der Waals surface area (Å²) < 4.78 is 6.69. The molecular weight excluding hydrogens is 422 g/mol. The topological polar surface area (TPSA) is 101 Å². The van der Waals surface area contributed by atoms with Crippen LogP contribution < -0.4 is 15.2 Å². The fraction of sp³-hybridized carbons (Fsp3) is 0.417. The van der Waals surface area contributed by atoms with Gasteiger partial charge in [-0.1, -0.05) is 0 Å². The summed E-state index contributed by atoms with van der Waals surface area (Å²) in [5.41, 5.74) is 2.31. The van der Waals surface area contributed by atoms with E-state index in [1.54, 1.807) is 7.11 Å². The summed E-state index contributed by atoms with van der Waals surface area (Å²) in [4.78, 5) is 38.0. The van der Waals surface area contributed by atoms with Crippen molar-refractivity contribution >= 4 is 22.9 Å². The van der Waals surface area contributed by atoms with E-state index in [1.165, 1.54) is 4.57 Å². The van der Waals surface area contributed by atoms with E-state index >= 15 is 0 Å². The van der Waals surface area contributed by atoms with Crippen molar-refractivity contribution in [2.45, 2.75) is 25.8 Å². The number of methoxy groups -OCH3 is 1. The summed E-state index contributed by atoms with van der Waals surface area (Å²) in [6.45, 7) is 2.01. The Morgan fingerprint density at radius 3 is 2.55 bits per heavy atom. The average Bonchev–Trinajstić information content (AvgIpc) is 3.25. The number of nitrogens with zero attached hydrogens (tertiary/aromatic N) is 5. The maximum Gasteiger partial charge on any atom is 0.295 e. The third-order valence-electron chi connectivity index (χ3n) is 5.94. The van der Waals surface area contributed by atoms with Crippen molar-refractivity contribution in [3.8, 4) is 17.0 Å². The predicted octanol–water partition coefficient (Wildman–Crippen LogP) is 1.91. The fourth-order valence-corrected chi connectivity index (χ4v) is 4.13. The molecule has 1 fully saturated rings. The third kappa shape index (κ3) is 4.83. The van der Waals surface area contributed by atoms with Crippen LogP contribution >= 0.6 is 0 Å². The molecule has 1 aromatic carbocycles. The van der Waals surface area contributed by atoms with Crippen molar-refractivity contribution in [1.29, 1.82) is 0 Å². The molecule has 0 radical (unpaired) electrons. The van der Waals surface area contributed by atoms with Crippen LogP contribution in [0.1, 0.15) is 19.3 Å². The van der Waals surface area contributed by atoms with Gasteiger partial charge in [-0.05, 0) is 49.2 Å². The zero-order valence-electron chi connectivity index (χ0n) is 19.0. The molecule has 0 unspecified atom stereocenters. The molecule has 0 bridgehead atoms. The summed E-state index contributed by atoms with van der Waals surface area (Å²) in [6.07, 6.45) is 2.29. The first-order valence-corrected chi connectivity index (χ1v) is 11.2. The van der Waals surface area contributed by atoms with Crippen molar-refractivity contribution in [3.05, 3.63) is 46.8 Å². The number of aromatic nitrogens is 3. The highest BCUT2D eigenvalue weighted by atomic mass is 16.5. The minimum absolute atomic E-state index is 0.125. The van der Waals surface area contributed by atoms with E-state index in [0.29, 0.717) is 42.2 Å². The summed E-state index contributed by atoms with van der Waals surface area (Å²) in [5.74, 6) is 1.26. The summed E-state index contributed by atoms with van der Waals surface area (Å²) in [5, 5.41) is 9.59. The zero-order chi connectivity index (χ0) is 23.4. The molecule has 9 heteroatoms. The Kier molecular flexibility index (Phi) is 6.88. The van der Waals surface area contributed by atoms with Crippen LogP contribution in [0.25, 0.3) is 22.4 Å². The van der Waals surface area contributed by atoms with Gasteiger partial charge < -0.3 is 19.6 Å². The Hall–Kier alpha value is -3.46. The summed E-state index contributed by atoms with van der Waals surface area (Å²) >= 11 is 0. The maximum atomic E-state index is 13.2. The lowest BCUT2D eigenvalue weighted by Gasteiger charge is -2.21. The lowest BCUT2D eigenvalue weighted by atomic mass is 10.1. The van der Waals surface area contributed by atoms with Gasteiger partial charge in [0.25, 0.3) is 5.56 Å². The van der Waals surface area contributed by atoms with Gasteiger partial charge in [0.1, 0.15) is 11.3 Å². The van der Waals surface area contributed by atoms with E-state index in [-0.39, 0.29) is 24.6 Å². The van der Waals surface area contributed by atoms with Gasteiger partial charge in [-0.3, -0.25) is 14.2 Å². The van der Waals surface area contributed by atoms with E-state index in [1.807, 2.05) is 53.2 Å². The lowest BCUT2D eigenvalue weighted by Crippen LogP contribution is -2.34. The number of ether oxygens (including phenoxy) is 1. The number of likely N-dealkylation sites (tertiary alicyclic amines) is 1. The summed E-state index contributed by atoms with van der Waals surface area (Å²) in [6, 6.07) is 11.2. The van der Waals surface area contributed by atoms with Crippen LogP contribution in [-0.2, 0) is 11.3 Å². The van der Waals surface area contributed by atoms with E-state index in [2.05, 4.69) is 9.97 Å². The molecule has 3 aromatic rings. The molecule has 0 aliphatic carbocycles. The molecule has 1 N–H and O–H groups in total. The second-order valence-corrected chi connectivity index (χ2v) is 8.14. The molecule has 2 aromatic heterocycles. The molecule has 1 amide bonds. The number of rotatable bonds is 9. The number of hydrogen-bond donors (Lipinski definition) is 1. The van der Waals surface area contributed by atoms with Crippen molar-refractivity contribution < 1.29 is 14.6 Å². The molecule has 1 aliphatic heterocycles. The average molecular weight is 452 g/mol. The van der Waals surface area contributed by atoms with E-state index in [9.17, 15) is 14.7 Å². The highest BCUT2D eigenvalue weighted by molar-refractivity contribution is 5.78. The molecule has 0 atom stereocenters. The number of carbonyl (C=O) groups excluding carboxylic acids is 1. The van der Waals surface area contributed by atoms with E-state index in [4.69, 9.17) is 4.74 Å². The van der Waals surface area contributed by atoms with Crippen molar-refractivity contribution in [1.82, 2.24) is 19.4 Å². The van der Waals surface area contributed by atoms with Gasteiger partial charge in [-0.2, -0.15) is 0 Å². The molecule has 33 heavy (non-hydrogen) atoms. The van der Waals surface area contributed by atoms with Gasteiger partial charge >= 0.3 is 0 Å². The Balaban J connectivity index is 1.62. The molecule has 0 saturated carbocycles. The normalized spacial score (nSPS) is 13.7. The molecule has 3 heterocycles. The highest BCUT2D eigenvalue weighted by Crippen LogP contribution is 2.23. The molecule has 0 spiro atoms. The van der Waals surface area contributed by atoms with Crippen LogP contribution in [0.4, 0.5) is 5.82 Å². The highest BCUT2D eigenvalue weighted by Gasteiger charge is 2.20. The van der Waals surface area contributed by atoms with Crippen LogP contribution in [0.3, 0.4) is 0 Å². The van der Waals surface area contributed by atoms with Crippen LogP contribution in [0, 0.1) is 0 Å². The number of fused-ring (bicyclic) bond motifs is 1. The molecule has 1 saturated heterocycles. The molecule has 1 aliphatic rings. The molecule has 4 rings (SSSR count). The standard InChI is InChI=1S/C24H29N5O4/c1-27(12-4-14-28-13-3-5-21(28)31)23-24(32)29(15-16-30)22-20(26-23)11-10-19(25-22)17-6-8-18(33-2)9-7-17/h6-11,30H,3-5,12-16H2,1-2H3. The second kappa shape index (κ2) is 9.99. The molecular formula is C24H29N5O4. The predicted molar refractivity (Wildman–Crippen MR) is 127 cm³/mol. The molecule has 9 nitrogen and oxygen atoms in total. The van der Waals surface area contributed by atoms with Crippen molar-refractivity contribution in [2.75, 3.05) is 45.3 Å². The van der Waals surface area contributed by atoms with Gasteiger partial charge in [0.15, 0.2) is 11.5 Å². The zero-order valence-corrected chi connectivity index (χ0v) is 19.0. The minimum Gasteiger partial charge on any atom is -0.497 e. The van der Waals surface area contributed by atoms with Crippen molar-refractivity contribution in [3.63, 3.8) is 0 Å². The number of amides is 1. The van der Waals surface area contributed by atoms with Crippen LogP contribution in [-0.4, -0.2) is 70.8 Å². The van der Waals surface area contributed by atoms with Crippen LogP contribution in [0.5, 0.6) is 5.75 Å². The number of pyridine rings is 1. The van der Waals surface area contributed by atoms with Gasteiger partial charge in [0, 0.05) is 38.7 Å². The Morgan fingerprint density at radius 2 is 1.88 bits per heavy atom. The number of anilines is 1. The van der Waals surface area contributed by atoms with E-state index in [0.717, 1.165) is 30.7 Å². The number of carbonyl (C=O) groups is 1.